The van der Waals surface area contributed by atoms with Gasteiger partial charge in [-0.15, -0.1) is 10.2 Å². The Morgan fingerprint density at radius 1 is 1.14 bits per heavy atom. The molecule has 2 aromatic carbocycles. The zero-order valence-corrected chi connectivity index (χ0v) is 16.4. The number of para-hydroxylation sites is 1. The predicted molar refractivity (Wildman–Crippen MR) is 103 cm³/mol. The van der Waals surface area contributed by atoms with Crippen LogP contribution in [0.15, 0.2) is 52.9 Å². The van der Waals surface area contributed by atoms with Crippen LogP contribution in [0.5, 0.6) is 5.75 Å². The average molecular weight is 421 g/mol. The van der Waals surface area contributed by atoms with Crippen LogP contribution in [0.25, 0.3) is 0 Å². The Kier molecular flexibility index (Phi) is 6.00. The fourth-order valence-electron chi connectivity index (χ4n) is 2.37. The number of halogens is 1. The van der Waals surface area contributed by atoms with Crippen LogP contribution in [0.2, 0.25) is 0 Å². The van der Waals surface area contributed by atoms with Gasteiger partial charge in [-0.25, -0.2) is 12.8 Å². The summed E-state index contributed by atoms with van der Waals surface area (Å²) in [7, 11) is -3.90. The van der Waals surface area contributed by atoms with Gasteiger partial charge in [-0.05, 0) is 25.1 Å². The van der Waals surface area contributed by atoms with Crippen LogP contribution in [0.3, 0.4) is 0 Å². The number of nitrogens with zero attached hydrogens (tertiary/aromatic N) is 2. The van der Waals surface area contributed by atoms with E-state index in [1.807, 2.05) is 0 Å². The lowest BCUT2D eigenvalue weighted by Crippen LogP contribution is -2.13. The summed E-state index contributed by atoms with van der Waals surface area (Å²) in [6, 6.07) is 12.3. The Hall–Kier alpha value is -2.85. The zero-order chi connectivity index (χ0) is 20.1. The number of nitrogens with one attached hydrogen (secondary N) is 1. The van der Waals surface area contributed by atoms with Crippen LogP contribution in [-0.4, -0.2) is 31.1 Å². The maximum atomic E-state index is 13.7. The molecule has 0 bridgehead atoms. The van der Waals surface area contributed by atoms with Crippen molar-refractivity contribution in [3.05, 3.63) is 65.5 Å². The normalized spacial score (nSPS) is 11.2. The summed E-state index contributed by atoms with van der Waals surface area (Å²) in [5.41, 5.74) is 0.323. The summed E-state index contributed by atoms with van der Waals surface area (Å²) in [6.45, 7) is 2.19. The SMILES string of the molecule is CCOc1ccccc1C(=O)Nc1nnc(S(=O)(=O)Cc2ccccc2F)s1. The number of benzene rings is 2. The number of hydrogen-bond donors (Lipinski definition) is 1. The Bertz CT molecular complexity index is 1100. The van der Waals surface area contributed by atoms with E-state index in [2.05, 4.69) is 15.5 Å². The first-order chi connectivity index (χ1) is 13.4. The van der Waals surface area contributed by atoms with Gasteiger partial charge in [-0.1, -0.05) is 41.7 Å². The number of rotatable bonds is 7. The monoisotopic (exact) mass is 421 g/mol. The van der Waals surface area contributed by atoms with E-state index in [9.17, 15) is 17.6 Å². The van der Waals surface area contributed by atoms with Gasteiger partial charge in [0.15, 0.2) is 0 Å². The molecular weight excluding hydrogens is 405 g/mol. The van der Waals surface area contributed by atoms with Gasteiger partial charge in [0.1, 0.15) is 11.6 Å². The van der Waals surface area contributed by atoms with Crippen molar-refractivity contribution < 1.29 is 22.3 Å². The predicted octanol–water partition coefficient (Wildman–Crippen LogP) is 3.30. The molecule has 0 aliphatic heterocycles. The highest BCUT2D eigenvalue weighted by Gasteiger charge is 2.23. The number of hydrogen-bond acceptors (Lipinski definition) is 7. The fourth-order valence-corrected chi connectivity index (χ4v) is 4.69. The number of amides is 1. The average Bonchev–Trinajstić information content (AvgIpc) is 3.14. The molecule has 0 aliphatic carbocycles. The minimum absolute atomic E-state index is 0.0170. The molecule has 146 valence electrons. The second-order valence-electron chi connectivity index (χ2n) is 5.61. The van der Waals surface area contributed by atoms with Gasteiger partial charge in [0.2, 0.25) is 19.3 Å². The number of anilines is 1. The molecule has 0 spiro atoms. The van der Waals surface area contributed by atoms with E-state index >= 15 is 0 Å². The topological polar surface area (TPSA) is 98.2 Å². The molecule has 0 saturated heterocycles. The summed E-state index contributed by atoms with van der Waals surface area (Å²) in [5.74, 6) is -1.26. The summed E-state index contributed by atoms with van der Waals surface area (Å²) >= 11 is 0.702. The Morgan fingerprint density at radius 2 is 1.86 bits per heavy atom. The minimum Gasteiger partial charge on any atom is -0.493 e. The Labute approximate surface area is 165 Å². The molecule has 1 N–H and O–H groups in total. The first-order valence-electron chi connectivity index (χ1n) is 8.23. The van der Waals surface area contributed by atoms with Gasteiger partial charge < -0.3 is 4.74 Å². The second-order valence-corrected chi connectivity index (χ2v) is 8.75. The van der Waals surface area contributed by atoms with Crippen molar-refractivity contribution in [3.63, 3.8) is 0 Å². The molecule has 1 heterocycles. The highest BCUT2D eigenvalue weighted by Crippen LogP contribution is 2.26. The summed E-state index contributed by atoms with van der Waals surface area (Å²) in [4.78, 5) is 12.5. The maximum Gasteiger partial charge on any atom is 0.261 e. The van der Waals surface area contributed by atoms with Crippen LogP contribution < -0.4 is 10.1 Å². The van der Waals surface area contributed by atoms with Crippen molar-refractivity contribution in [2.75, 3.05) is 11.9 Å². The standard InChI is InChI=1S/C18H16FN3O4S2/c1-2-26-15-10-6-4-8-13(15)16(23)20-17-21-22-18(27-17)28(24,25)11-12-7-3-5-9-14(12)19/h3-10H,2,11H2,1H3,(H,20,21,23). The maximum absolute atomic E-state index is 13.7. The molecule has 10 heteroatoms. The smallest absolute Gasteiger partial charge is 0.261 e. The van der Waals surface area contributed by atoms with E-state index in [0.717, 1.165) is 0 Å². The lowest BCUT2D eigenvalue weighted by Gasteiger charge is -2.08. The number of carbonyl (C=O) groups is 1. The highest BCUT2D eigenvalue weighted by molar-refractivity contribution is 7.92. The fraction of sp³-hybridized carbons (Fsp3) is 0.167. The van der Waals surface area contributed by atoms with Gasteiger partial charge in [-0.3, -0.25) is 10.1 Å². The third kappa shape index (κ3) is 4.52. The Morgan fingerprint density at radius 3 is 2.61 bits per heavy atom. The van der Waals surface area contributed by atoms with E-state index in [-0.39, 0.29) is 20.6 Å². The third-order valence-corrected chi connectivity index (χ3v) is 6.58. The largest absolute Gasteiger partial charge is 0.493 e. The van der Waals surface area contributed by atoms with Gasteiger partial charge in [0, 0.05) is 5.56 Å². The molecule has 7 nitrogen and oxygen atoms in total. The van der Waals surface area contributed by atoms with Crippen LogP contribution in [-0.2, 0) is 15.6 Å². The van der Waals surface area contributed by atoms with Crippen molar-refractivity contribution in [1.82, 2.24) is 10.2 Å². The molecule has 0 atom stereocenters. The minimum atomic E-state index is -3.90. The van der Waals surface area contributed by atoms with Gasteiger partial charge >= 0.3 is 0 Å². The number of sulfone groups is 1. The second kappa shape index (κ2) is 8.44. The first-order valence-corrected chi connectivity index (χ1v) is 10.7. The van der Waals surface area contributed by atoms with E-state index in [4.69, 9.17) is 4.74 Å². The van der Waals surface area contributed by atoms with Gasteiger partial charge in [0.25, 0.3) is 5.91 Å². The van der Waals surface area contributed by atoms with Crippen molar-refractivity contribution in [2.24, 2.45) is 0 Å². The van der Waals surface area contributed by atoms with Gasteiger partial charge in [-0.2, -0.15) is 0 Å². The van der Waals surface area contributed by atoms with Crippen molar-refractivity contribution in [2.45, 2.75) is 17.0 Å². The molecule has 1 amide bonds. The van der Waals surface area contributed by atoms with Crippen LogP contribution in [0.1, 0.15) is 22.8 Å². The lowest BCUT2D eigenvalue weighted by atomic mass is 10.2. The third-order valence-electron chi connectivity index (χ3n) is 3.63. The van der Waals surface area contributed by atoms with E-state index < -0.39 is 27.3 Å². The van der Waals surface area contributed by atoms with Crippen molar-refractivity contribution in [3.8, 4) is 5.75 Å². The number of ether oxygens (including phenoxy) is 1. The molecule has 3 aromatic rings. The molecular formula is C18H16FN3O4S2. The molecule has 0 aliphatic rings. The first kappa shape index (κ1) is 19.9. The van der Waals surface area contributed by atoms with Crippen LogP contribution >= 0.6 is 11.3 Å². The molecule has 0 saturated carbocycles. The number of aromatic nitrogens is 2. The molecule has 1 aromatic heterocycles. The molecule has 0 radical (unpaired) electrons. The summed E-state index contributed by atoms with van der Waals surface area (Å²) < 4.78 is 43.8. The van der Waals surface area contributed by atoms with Crippen molar-refractivity contribution in [1.29, 1.82) is 0 Å². The van der Waals surface area contributed by atoms with E-state index in [0.29, 0.717) is 23.7 Å². The van der Waals surface area contributed by atoms with E-state index in [1.165, 1.54) is 18.2 Å². The molecule has 0 fully saturated rings. The summed E-state index contributed by atoms with van der Waals surface area (Å²) in [6.07, 6.45) is 0. The van der Waals surface area contributed by atoms with Crippen LogP contribution in [0, 0.1) is 5.82 Å². The highest BCUT2D eigenvalue weighted by atomic mass is 32.2. The molecule has 28 heavy (non-hydrogen) atoms. The summed E-state index contributed by atoms with van der Waals surface area (Å²) in [5, 5.41) is 9.87. The zero-order valence-electron chi connectivity index (χ0n) is 14.8. The van der Waals surface area contributed by atoms with E-state index in [1.54, 1.807) is 37.3 Å². The van der Waals surface area contributed by atoms with Crippen LogP contribution in [0.4, 0.5) is 9.52 Å². The van der Waals surface area contributed by atoms with Crippen molar-refractivity contribution >= 4 is 32.2 Å². The quantitative estimate of drug-likeness (QED) is 0.588. The Balaban J connectivity index is 1.77. The molecule has 3 rings (SSSR count). The molecule has 0 unspecified atom stereocenters. The lowest BCUT2D eigenvalue weighted by molar-refractivity contribution is 0.102. The van der Waals surface area contributed by atoms with Gasteiger partial charge in [0.05, 0.1) is 17.9 Å². The number of carbonyl (C=O) groups excluding carboxylic acids is 1.